The summed E-state index contributed by atoms with van der Waals surface area (Å²) in [4.78, 5) is 22.8. The Morgan fingerprint density at radius 2 is 2.15 bits per heavy atom. The predicted molar refractivity (Wildman–Crippen MR) is 78.4 cm³/mol. The average molecular weight is 341 g/mol. The lowest BCUT2D eigenvalue weighted by atomic mass is 10.1. The first-order valence-electron chi connectivity index (χ1n) is 6.46. The molecule has 0 aliphatic heterocycles. The van der Waals surface area contributed by atoms with E-state index in [4.69, 9.17) is 5.11 Å². The van der Waals surface area contributed by atoms with Gasteiger partial charge in [-0.1, -0.05) is 28.1 Å². The molecule has 1 aromatic carbocycles. The summed E-state index contributed by atoms with van der Waals surface area (Å²) in [6.45, 7) is 2.06. The first-order valence-corrected chi connectivity index (χ1v) is 7.25. The molecule has 1 aromatic rings. The zero-order valence-corrected chi connectivity index (χ0v) is 12.7. The Hall–Kier alpha value is -1.56. The number of carbonyl (C=O) groups is 2. The third-order valence-corrected chi connectivity index (χ3v) is 4.08. The summed E-state index contributed by atoms with van der Waals surface area (Å²) in [6, 6.07) is 7.19. The third-order valence-electron chi connectivity index (χ3n) is 3.59. The van der Waals surface area contributed by atoms with E-state index in [-0.39, 0.29) is 18.6 Å². The number of aliphatic carboxylic acids is 1. The Morgan fingerprint density at radius 1 is 1.45 bits per heavy atom. The molecule has 0 aromatic heterocycles. The number of nitrogens with one attached hydrogen (secondary N) is 2. The molecule has 0 saturated heterocycles. The molecule has 1 atom stereocenters. The number of amides is 2. The number of urea groups is 1. The summed E-state index contributed by atoms with van der Waals surface area (Å²) >= 11 is 3.38. The van der Waals surface area contributed by atoms with E-state index in [1.54, 1.807) is 0 Å². The van der Waals surface area contributed by atoms with Crippen LogP contribution in [0.25, 0.3) is 0 Å². The van der Waals surface area contributed by atoms with Crippen LogP contribution in [0.15, 0.2) is 28.7 Å². The van der Waals surface area contributed by atoms with Crippen molar-refractivity contribution in [2.45, 2.75) is 25.8 Å². The quantitative estimate of drug-likeness (QED) is 0.770. The molecule has 1 unspecified atom stereocenters. The minimum absolute atomic E-state index is 0.146. The van der Waals surface area contributed by atoms with Crippen LogP contribution in [0.3, 0.4) is 0 Å². The van der Waals surface area contributed by atoms with Crippen LogP contribution < -0.4 is 10.6 Å². The zero-order chi connectivity index (χ0) is 14.8. The molecule has 1 aliphatic rings. The van der Waals surface area contributed by atoms with E-state index in [1.165, 1.54) is 0 Å². The number of hydrogen-bond acceptors (Lipinski definition) is 2. The highest BCUT2D eigenvalue weighted by molar-refractivity contribution is 9.10. The molecular weight excluding hydrogens is 324 g/mol. The van der Waals surface area contributed by atoms with E-state index in [1.807, 2.05) is 31.2 Å². The summed E-state index contributed by atoms with van der Waals surface area (Å²) in [5, 5.41) is 14.5. The maximum absolute atomic E-state index is 11.8. The van der Waals surface area contributed by atoms with Gasteiger partial charge in [-0.05, 0) is 37.5 Å². The lowest BCUT2D eigenvalue weighted by molar-refractivity contribution is -0.143. The van der Waals surface area contributed by atoms with Crippen molar-refractivity contribution >= 4 is 27.9 Å². The molecule has 0 radical (unpaired) electrons. The Balaban J connectivity index is 1.84. The van der Waals surface area contributed by atoms with E-state index in [0.29, 0.717) is 12.8 Å². The van der Waals surface area contributed by atoms with Crippen LogP contribution in [0.1, 0.15) is 31.4 Å². The molecule has 108 valence electrons. The van der Waals surface area contributed by atoms with Gasteiger partial charge in [-0.25, -0.2) is 4.79 Å². The van der Waals surface area contributed by atoms with Gasteiger partial charge in [-0.2, -0.15) is 0 Å². The van der Waals surface area contributed by atoms with Gasteiger partial charge in [0.15, 0.2) is 0 Å². The topological polar surface area (TPSA) is 78.4 Å². The normalized spacial score (nSPS) is 17.1. The van der Waals surface area contributed by atoms with Crippen molar-refractivity contribution < 1.29 is 14.7 Å². The standard InChI is InChI=1S/C14H17BrN2O3/c1-9(10-3-2-4-11(15)7-10)17-13(20)16-8-14(5-6-14)12(18)19/h2-4,7,9H,5-6,8H2,1H3,(H,18,19)(H2,16,17,20). The second kappa shape index (κ2) is 5.83. The highest BCUT2D eigenvalue weighted by Gasteiger charge is 2.50. The van der Waals surface area contributed by atoms with Crippen LogP contribution in [-0.4, -0.2) is 23.7 Å². The summed E-state index contributed by atoms with van der Waals surface area (Å²) < 4.78 is 0.951. The zero-order valence-electron chi connectivity index (χ0n) is 11.1. The van der Waals surface area contributed by atoms with Crippen molar-refractivity contribution in [3.8, 4) is 0 Å². The van der Waals surface area contributed by atoms with Gasteiger partial charge in [0.05, 0.1) is 11.5 Å². The molecule has 1 saturated carbocycles. The molecule has 2 rings (SSSR count). The largest absolute Gasteiger partial charge is 0.481 e. The molecule has 0 heterocycles. The minimum atomic E-state index is -0.835. The van der Waals surface area contributed by atoms with Gasteiger partial charge in [0, 0.05) is 11.0 Å². The molecular formula is C14H17BrN2O3. The maximum Gasteiger partial charge on any atom is 0.315 e. The fourth-order valence-corrected chi connectivity index (χ4v) is 2.39. The fourth-order valence-electron chi connectivity index (χ4n) is 1.97. The number of carboxylic acid groups (broad SMARTS) is 1. The van der Waals surface area contributed by atoms with Crippen molar-refractivity contribution in [2.75, 3.05) is 6.54 Å². The highest BCUT2D eigenvalue weighted by Crippen LogP contribution is 2.45. The van der Waals surface area contributed by atoms with Crippen LogP contribution in [0.5, 0.6) is 0 Å². The molecule has 2 amide bonds. The molecule has 6 heteroatoms. The second-order valence-corrected chi connectivity index (χ2v) is 6.10. The Bertz CT molecular complexity index is 529. The maximum atomic E-state index is 11.8. The monoisotopic (exact) mass is 340 g/mol. The Morgan fingerprint density at radius 3 is 2.70 bits per heavy atom. The summed E-state index contributed by atoms with van der Waals surface area (Å²) in [7, 11) is 0. The Kier molecular flexibility index (Phi) is 4.32. The fraction of sp³-hybridized carbons (Fsp3) is 0.429. The Labute approximate surface area is 125 Å². The van der Waals surface area contributed by atoms with Gasteiger partial charge in [0.2, 0.25) is 0 Å². The van der Waals surface area contributed by atoms with E-state index in [9.17, 15) is 9.59 Å². The van der Waals surface area contributed by atoms with Crippen molar-refractivity contribution in [3.05, 3.63) is 34.3 Å². The van der Waals surface area contributed by atoms with Crippen LogP contribution in [0, 0.1) is 5.41 Å². The van der Waals surface area contributed by atoms with Gasteiger partial charge >= 0.3 is 12.0 Å². The van der Waals surface area contributed by atoms with Gasteiger partial charge in [0.25, 0.3) is 0 Å². The lowest BCUT2D eigenvalue weighted by Gasteiger charge is -2.17. The number of halogens is 1. The first-order chi connectivity index (χ1) is 9.43. The number of benzene rings is 1. The molecule has 3 N–H and O–H groups in total. The van der Waals surface area contributed by atoms with Crippen LogP contribution in [0.4, 0.5) is 4.79 Å². The van der Waals surface area contributed by atoms with E-state index < -0.39 is 11.4 Å². The van der Waals surface area contributed by atoms with Crippen molar-refractivity contribution in [1.29, 1.82) is 0 Å². The average Bonchev–Trinajstić information content (AvgIpc) is 3.17. The first kappa shape index (κ1) is 14.8. The van der Waals surface area contributed by atoms with E-state index in [0.717, 1.165) is 10.0 Å². The number of carbonyl (C=O) groups excluding carboxylic acids is 1. The van der Waals surface area contributed by atoms with E-state index in [2.05, 4.69) is 26.6 Å². The number of hydrogen-bond donors (Lipinski definition) is 3. The highest BCUT2D eigenvalue weighted by atomic mass is 79.9. The summed E-state index contributed by atoms with van der Waals surface area (Å²) in [5.41, 5.74) is 0.241. The molecule has 5 nitrogen and oxygen atoms in total. The predicted octanol–water partition coefficient (Wildman–Crippen LogP) is 2.67. The van der Waals surface area contributed by atoms with Crippen molar-refractivity contribution in [3.63, 3.8) is 0 Å². The van der Waals surface area contributed by atoms with Gasteiger partial charge in [-0.3, -0.25) is 4.79 Å². The van der Waals surface area contributed by atoms with Crippen LogP contribution in [-0.2, 0) is 4.79 Å². The second-order valence-electron chi connectivity index (χ2n) is 5.19. The molecule has 20 heavy (non-hydrogen) atoms. The molecule has 0 bridgehead atoms. The summed E-state index contributed by atoms with van der Waals surface area (Å²) in [6.07, 6.45) is 1.26. The minimum Gasteiger partial charge on any atom is -0.481 e. The van der Waals surface area contributed by atoms with E-state index >= 15 is 0 Å². The SMILES string of the molecule is CC(NC(=O)NCC1(C(=O)O)CC1)c1cccc(Br)c1. The number of rotatable bonds is 5. The smallest absolute Gasteiger partial charge is 0.315 e. The van der Waals surface area contributed by atoms with Crippen molar-refractivity contribution in [1.82, 2.24) is 10.6 Å². The van der Waals surface area contributed by atoms with Gasteiger partial charge in [-0.15, -0.1) is 0 Å². The molecule has 0 spiro atoms. The summed E-state index contributed by atoms with van der Waals surface area (Å²) in [5.74, 6) is -0.835. The van der Waals surface area contributed by atoms with Crippen LogP contribution >= 0.6 is 15.9 Å². The molecule has 1 aliphatic carbocycles. The van der Waals surface area contributed by atoms with Crippen molar-refractivity contribution in [2.24, 2.45) is 5.41 Å². The van der Waals surface area contributed by atoms with Crippen LogP contribution in [0.2, 0.25) is 0 Å². The molecule has 1 fully saturated rings. The van der Waals surface area contributed by atoms with Gasteiger partial charge in [0.1, 0.15) is 0 Å². The number of carboxylic acids is 1. The third kappa shape index (κ3) is 3.50. The van der Waals surface area contributed by atoms with Gasteiger partial charge < -0.3 is 15.7 Å². The lowest BCUT2D eigenvalue weighted by Crippen LogP contribution is -2.41.